The van der Waals surface area contributed by atoms with E-state index in [2.05, 4.69) is 5.32 Å². The Hall–Kier alpha value is -2.89. The number of carbonyl (C=O) groups is 2. The average Bonchev–Trinajstić information content (AvgIpc) is 3.35. The van der Waals surface area contributed by atoms with Crippen LogP contribution in [-0.4, -0.2) is 23.2 Å². The summed E-state index contributed by atoms with van der Waals surface area (Å²) in [5.74, 6) is -1.99. The number of halogens is 1. The molecule has 0 radical (unpaired) electrons. The van der Waals surface area contributed by atoms with Crippen molar-refractivity contribution in [1.29, 1.82) is 0 Å². The molecule has 0 heterocycles. The van der Waals surface area contributed by atoms with Gasteiger partial charge in [0.15, 0.2) is 0 Å². The molecule has 2 N–H and O–H groups in total. The lowest BCUT2D eigenvalue weighted by Crippen LogP contribution is -2.46. The van der Waals surface area contributed by atoms with Gasteiger partial charge >= 0.3 is 12.1 Å². The minimum Gasteiger partial charge on any atom is -0.480 e. The fourth-order valence-electron chi connectivity index (χ4n) is 4.20. The summed E-state index contributed by atoms with van der Waals surface area (Å²) in [6, 6.07) is 12.5. The van der Waals surface area contributed by atoms with Crippen LogP contribution in [0.5, 0.6) is 0 Å². The topological polar surface area (TPSA) is 75.6 Å². The molecule has 1 amide bonds. The number of alkyl carbamates (subject to hydrolysis) is 1. The first-order chi connectivity index (χ1) is 13.0. The molecule has 27 heavy (non-hydrogen) atoms. The molecule has 2 atom stereocenters. The molecular weight excluding hydrogens is 349 g/mol. The summed E-state index contributed by atoms with van der Waals surface area (Å²) in [7, 11) is 0. The van der Waals surface area contributed by atoms with Crippen LogP contribution in [0.15, 0.2) is 48.5 Å². The molecule has 0 aliphatic heterocycles. The Labute approximate surface area is 156 Å². The van der Waals surface area contributed by atoms with E-state index in [9.17, 15) is 19.1 Å². The summed E-state index contributed by atoms with van der Waals surface area (Å²) in [6.07, 6.45) is 1.68. The molecule has 2 aromatic carbocycles. The largest absolute Gasteiger partial charge is 0.480 e. The molecule has 2 aliphatic rings. The van der Waals surface area contributed by atoms with E-state index in [1.807, 2.05) is 30.3 Å². The quantitative estimate of drug-likeness (QED) is 0.844. The highest BCUT2D eigenvalue weighted by molar-refractivity contribution is 5.82. The SMILES string of the molecule is O=C(N[C@H](C(=O)O)[C@H]1c2cc(F)ccc2CC12CC2)OCc1ccccc1. The fourth-order valence-corrected chi connectivity index (χ4v) is 4.20. The number of hydrogen-bond donors (Lipinski definition) is 2. The number of fused-ring (bicyclic) bond motifs is 1. The van der Waals surface area contributed by atoms with Gasteiger partial charge in [0.1, 0.15) is 18.5 Å². The Morgan fingerprint density at radius 2 is 1.96 bits per heavy atom. The summed E-state index contributed by atoms with van der Waals surface area (Å²) in [5.41, 5.74) is 2.26. The number of benzene rings is 2. The number of aliphatic carboxylic acids is 1. The summed E-state index contributed by atoms with van der Waals surface area (Å²) in [4.78, 5) is 24.2. The van der Waals surface area contributed by atoms with Crippen LogP contribution in [-0.2, 0) is 22.6 Å². The third-order valence-corrected chi connectivity index (χ3v) is 5.62. The Kier molecular flexibility index (Phi) is 4.34. The molecule has 5 nitrogen and oxygen atoms in total. The van der Waals surface area contributed by atoms with E-state index in [0.717, 1.165) is 30.4 Å². The number of carboxylic acids is 1. The second kappa shape index (κ2) is 6.68. The van der Waals surface area contributed by atoms with Crippen molar-refractivity contribution >= 4 is 12.1 Å². The van der Waals surface area contributed by atoms with E-state index >= 15 is 0 Å². The van der Waals surface area contributed by atoms with Crippen molar-refractivity contribution in [3.05, 3.63) is 71.0 Å². The maximum absolute atomic E-state index is 13.8. The molecule has 0 aromatic heterocycles. The number of nitrogens with one attached hydrogen (secondary N) is 1. The van der Waals surface area contributed by atoms with Crippen LogP contribution in [0, 0.1) is 11.2 Å². The number of carbonyl (C=O) groups excluding carboxylic acids is 1. The average molecular weight is 369 g/mol. The number of amides is 1. The molecule has 2 aromatic rings. The van der Waals surface area contributed by atoms with E-state index < -0.39 is 29.8 Å². The summed E-state index contributed by atoms with van der Waals surface area (Å²) >= 11 is 0. The van der Waals surface area contributed by atoms with Gasteiger partial charge in [-0.05, 0) is 53.5 Å². The van der Waals surface area contributed by atoms with E-state index in [0.29, 0.717) is 5.56 Å². The second-order valence-electron chi connectivity index (χ2n) is 7.38. The highest BCUT2D eigenvalue weighted by Crippen LogP contribution is 2.64. The molecule has 2 aliphatic carbocycles. The molecule has 140 valence electrons. The standard InChI is InChI=1S/C21H20FNO4/c22-15-7-6-14-11-21(8-9-21)17(16(14)10-15)18(19(24)25)23-20(26)27-12-13-4-2-1-3-5-13/h1-7,10,17-18H,8-9,11-12H2,(H,23,26)(H,24,25)/t17-,18+/m1/s1. The molecule has 0 bridgehead atoms. The van der Waals surface area contributed by atoms with Crippen LogP contribution in [0.1, 0.15) is 35.4 Å². The lowest BCUT2D eigenvalue weighted by Gasteiger charge is -2.27. The van der Waals surface area contributed by atoms with Crippen molar-refractivity contribution in [3.8, 4) is 0 Å². The first kappa shape index (κ1) is 17.5. The molecule has 1 fully saturated rings. The van der Waals surface area contributed by atoms with Crippen LogP contribution in [0.2, 0.25) is 0 Å². The van der Waals surface area contributed by atoms with Gasteiger partial charge < -0.3 is 15.2 Å². The van der Waals surface area contributed by atoms with Gasteiger partial charge in [0.25, 0.3) is 0 Å². The van der Waals surface area contributed by atoms with Gasteiger partial charge in [0.2, 0.25) is 0 Å². The van der Waals surface area contributed by atoms with Crippen molar-refractivity contribution < 1.29 is 23.8 Å². The molecule has 0 unspecified atom stereocenters. The Morgan fingerprint density at radius 3 is 2.63 bits per heavy atom. The molecule has 0 saturated heterocycles. The highest BCUT2D eigenvalue weighted by atomic mass is 19.1. The van der Waals surface area contributed by atoms with Gasteiger partial charge in [-0.2, -0.15) is 0 Å². The summed E-state index contributed by atoms with van der Waals surface area (Å²) in [6.45, 7) is 0.0556. The second-order valence-corrected chi connectivity index (χ2v) is 7.38. The van der Waals surface area contributed by atoms with Gasteiger partial charge in [-0.3, -0.25) is 0 Å². The zero-order valence-electron chi connectivity index (χ0n) is 14.7. The third kappa shape index (κ3) is 3.39. The minimum absolute atomic E-state index is 0.0556. The van der Waals surface area contributed by atoms with E-state index in [-0.39, 0.29) is 12.0 Å². The van der Waals surface area contributed by atoms with Crippen molar-refractivity contribution in [3.63, 3.8) is 0 Å². The smallest absolute Gasteiger partial charge is 0.408 e. The fraction of sp³-hybridized carbons (Fsp3) is 0.333. The summed E-state index contributed by atoms with van der Waals surface area (Å²) < 4.78 is 19.0. The highest BCUT2D eigenvalue weighted by Gasteiger charge is 2.58. The van der Waals surface area contributed by atoms with Crippen molar-refractivity contribution in [1.82, 2.24) is 5.32 Å². The zero-order chi connectivity index (χ0) is 19.0. The van der Waals surface area contributed by atoms with Crippen LogP contribution in [0.25, 0.3) is 0 Å². The number of carboxylic acid groups (broad SMARTS) is 1. The Bertz CT molecular complexity index is 879. The number of hydrogen-bond acceptors (Lipinski definition) is 3. The number of ether oxygens (including phenoxy) is 1. The van der Waals surface area contributed by atoms with Gasteiger partial charge in [0, 0.05) is 5.92 Å². The molecular formula is C21H20FNO4. The van der Waals surface area contributed by atoms with Crippen molar-refractivity contribution in [2.24, 2.45) is 5.41 Å². The van der Waals surface area contributed by atoms with Gasteiger partial charge in [-0.25, -0.2) is 14.0 Å². The summed E-state index contributed by atoms with van der Waals surface area (Å²) in [5, 5.41) is 12.3. The van der Waals surface area contributed by atoms with Crippen LogP contribution >= 0.6 is 0 Å². The van der Waals surface area contributed by atoms with E-state index in [1.54, 1.807) is 6.07 Å². The van der Waals surface area contributed by atoms with E-state index in [1.165, 1.54) is 12.1 Å². The first-order valence-corrected chi connectivity index (χ1v) is 8.97. The van der Waals surface area contributed by atoms with Crippen LogP contribution in [0.3, 0.4) is 0 Å². The van der Waals surface area contributed by atoms with Crippen LogP contribution < -0.4 is 5.32 Å². The zero-order valence-corrected chi connectivity index (χ0v) is 14.7. The molecule has 4 rings (SSSR count). The Morgan fingerprint density at radius 1 is 1.22 bits per heavy atom. The maximum Gasteiger partial charge on any atom is 0.408 e. The van der Waals surface area contributed by atoms with Gasteiger partial charge in [-0.15, -0.1) is 0 Å². The van der Waals surface area contributed by atoms with Crippen molar-refractivity contribution in [2.75, 3.05) is 0 Å². The van der Waals surface area contributed by atoms with Crippen molar-refractivity contribution in [2.45, 2.75) is 37.8 Å². The van der Waals surface area contributed by atoms with Crippen LogP contribution in [0.4, 0.5) is 9.18 Å². The molecule has 1 saturated carbocycles. The van der Waals surface area contributed by atoms with Gasteiger partial charge in [-0.1, -0.05) is 36.4 Å². The lowest BCUT2D eigenvalue weighted by atomic mass is 9.83. The predicted molar refractivity (Wildman–Crippen MR) is 95.7 cm³/mol. The predicted octanol–water partition coefficient (Wildman–Crippen LogP) is 3.63. The normalized spacial score (nSPS) is 20.0. The number of rotatable bonds is 5. The monoisotopic (exact) mass is 369 g/mol. The Balaban J connectivity index is 1.52. The molecule has 1 spiro atoms. The lowest BCUT2D eigenvalue weighted by molar-refractivity contribution is -0.140. The van der Waals surface area contributed by atoms with E-state index in [4.69, 9.17) is 4.74 Å². The third-order valence-electron chi connectivity index (χ3n) is 5.62. The minimum atomic E-state index is -1.15. The first-order valence-electron chi connectivity index (χ1n) is 8.97. The van der Waals surface area contributed by atoms with Gasteiger partial charge in [0.05, 0.1) is 0 Å². The maximum atomic E-state index is 13.8. The molecule has 6 heteroatoms.